The average Bonchev–Trinajstić information content (AvgIpc) is 2.86. The summed E-state index contributed by atoms with van der Waals surface area (Å²) in [7, 11) is 0. The zero-order valence-electron chi connectivity index (χ0n) is 17.6. The van der Waals surface area contributed by atoms with Gasteiger partial charge in [-0.15, -0.1) is 0 Å². The lowest BCUT2D eigenvalue weighted by Gasteiger charge is -2.59. The molecule has 2 nitrogen and oxygen atoms in total. The summed E-state index contributed by atoms with van der Waals surface area (Å²) in [6.45, 7) is 10.6. The van der Waals surface area contributed by atoms with Crippen molar-refractivity contribution >= 4 is 0 Å². The topological polar surface area (TPSA) is 29.5 Å². The van der Waals surface area contributed by atoms with E-state index in [-0.39, 0.29) is 6.10 Å². The molecule has 4 unspecified atom stereocenters. The summed E-state index contributed by atoms with van der Waals surface area (Å²) in [5.41, 5.74) is 0.395. The number of aliphatic hydroxyl groups excluding tert-OH is 1. The first-order chi connectivity index (χ1) is 12.5. The molecule has 0 heterocycles. The van der Waals surface area contributed by atoms with Gasteiger partial charge in [0.15, 0.2) is 0 Å². The first-order valence-corrected chi connectivity index (χ1v) is 11.8. The minimum absolute atomic E-state index is 0.0532. The Hall–Kier alpha value is -0.0800. The molecule has 0 aromatic heterocycles. The molecule has 0 saturated heterocycles. The third kappa shape index (κ3) is 2.98. The van der Waals surface area contributed by atoms with Crippen molar-refractivity contribution in [2.24, 2.45) is 46.8 Å². The number of unbranched alkanes of at least 4 members (excludes halogenated alkanes) is 1. The van der Waals surface area contributed by atoms with Crippen molar-refractivity contribution in [3.05, 3.63) is 0 Å². The van der Waals surface area contributed by atoms with Gasteiger partial charge in [0.2, 0.25) is 0 Å². The van der Waals surface area contributed by atoms with E-state index in [1.54, 1.807) is 0 Å². The quantitative estimate of drug-likeness (QED) is 0.652. The summed E-state index contributed by atoms with van der Waals surface area (Å²) >= 11 is 0. The smallest absolute Gasteiger partial charge is 0.0634 e. The zero-order valence-corrected chi connectivity index (χ0v) is 17.6. The predicted octanol–water partition coefficient (Wildman–Crippen LogP) is 5.68. The van der Waals surface area contributed by atoms with Crippen LogP contribution in [0.15, 0.2) is 0 Å². The summed E-state index contributed by atoms with van der Waals surface area (Å²) in [4.78, 5) is 0. The lowest BCUT2D eigenvalue weighted by Crippen LogP contribution is -2.55. The number of fused-ring (bicyclic) bond motifs is 5. The second-order valence-electron chi connectivity index (χ2n) is 10.8. The van der Waals surface area contributed by atoms with Crippen LogP contribution in [0.25, 0.3) is 0 Å². The van der Waals surface area contributed by atoms with Crippen molar-refractivity contribution in [1.82, 2.24) is 0 Å². The van der Waals surface area contributed by atoms with E-state index in [2.05, 4.69) is 27.7 Å². The van der Waals surface area contributed by atoms with Crippen LogP contribution >= 0.6 is 0 Å². The van der Waals surface area contributed by atoms with Crippen molar-refractivity contribution in [1.29, 1.82) is 0 Å². The number of hydrogen-bond acceptors (Lipinski definition) is 2. The minimum atomic E-state index is -0.0532. The Balaban J connectivity index is 1.55. The maximum Gasteiger partial charge on any atom is 0.0634 e. The van der Waals surface area contributed by atoms with Gasteiger partial charge in [-0.3, -0.25) is 0 Å². The van der Waals surface area contributed by atoms with Gasteiger partial charge in [-0.05, 0) is 85.4 Å². The van der Waals surface area contributed by atoms with Crippen LogP contribution in [0.1, 0.15) is 85.5 Å². The lowest BCUT2D eigenvalue weighted by atomic mass is 9.47. The molecule has 26 heavy (non-hydrogen) atoms. The molecule has 0 aliphatic heterocycles. The molecule has 0 bridgehead atoms. The van der Waals surface area contributed by atoms with Gasteiger partial charge in [-0.1, -0.05) is 47.0 Å². The molecule has 4 saturated carbocycles. The van der Waals surface area contributed by atoms with Crippen molar-refractivity contribution in [3.63, 3.8) is 0 Å². The molecule has 4 aliphatic rings. The Morgan fingerprint density at radius 2 is 1.81 bits per heavy atom. The molecule has 10 atom stereocenters. The van der Waals surface area contributed by atoms with E-state index < -0.39 is 0 Å². The molecule has 4 aliphatic carbocycles. The van der Waals surface area contributed by atoms with Crippen LogP contribution in [0.2, 0.25) is 0 Å². The maximum absolute atomic E-state index is 11.1. The van der Waals surface area contributed by atoms with Crippen LogP contribution in [-0.2, 0) is 4.74 Å². The second kappa shape index (κ2) is 7.39. The molecule has 0 aromatic carbocycles. The summed E-state index contributed by atoms with van der Waals surface area (Å²) in [5.74, 6) is 5.10. The summed E-state index contributed by atoms with van der Waals surface area (Å²) in [5, 5.41) is 11.1. The number of hydrogen-bond donors (Lipinski definition) is 1. The van der Waals surface area contributed by atoms with Crippen LogP contribution < -0.4 is 0 Å². The van der Waals surface area contributed by atoms with Gasteiger partial charge in [0.25, 0.3) is 0 Å². The van der Waals surface area contributed by atoms with Gasteiger partial charge in [0.1, 0.15) is 0 Å². The van der Waals surface area contributed by atoms with Crippen molar-refractivity contribution in [3.8, 4) is 0 Å². The first kappa shape index (κ1) is 19.2. The fraction of sp³-hybridized carbons (Fsp3) is 1.00. The summed E-state index contributed by atoms with van der Waals surface area (Å²) in [6.07, 6.45) is 12.1. The largest absolute Gasteiger partial charge is 0.393 e. The molecule has 0 amide bonds. The monoisotopic (exact) mass is 362 g/mol. The SMILES string of the molecule is CCCCO[C@@H]1C2CCC3C4CCC[C@@H](C)[C@@H]4[C@@H](O)CC3[C@]2(C)C[C@@H]1C. The third-order valence-electron chi connectivity index (χ3n) is 9.39. The molecule has 0 aromatic rings. The Labute approximate surface area is 161 Å². The molecule has 4 rings (SSSR count). The van der Waals surface area contributed by atoms with E-state index in [1.807, 2.05) is 0 Å². The zero-order chi connectivity index (χ0) is 18.5. The summed E-state index contributed by atoms with van der Waals surface area (Å²) < 4.78 is 6.46. The molecule has 4 fully saturated rings. The first-order valence-electron chi connectivity index (χ1n) is 11.8. The van der Waals surface area contributed by atoms with Crippen molar-refractivity contribution in [2.45, 2.75) is 97.7 Å². The highest BCUT2D eigenvalue weighted by Gasteiger charge is 2.61. The van der Waals surface area contributed by atoms with Gasteiger partial charge >= 0.3 is 0 Å². The Bertz CT molecular complexity index is 491. The number of aliphatic hydroxyl groups is 1. The Morgan fingerprint density at radius 1 is 1.00 bits per heavy atom. The van der Waals surface area contributed by atoms with Crippen LogP contribution in [0.5, 0.6) is 0 Å². The number of ether oxygens (including phenoxy) is 1. The molecule has 0 spiro atoms. The highest BCUT2D eigenvalue weighted by Crippen LogP contribution is 2.65. The Morgan fingerprint density at radius 3 is 2.58 bits per heavy atom. The lowest BCUT2D eigenvalue weighted by molar-refractivity contribution is -0.144. The fourth-order valence-electron chi connectivity index (χ4n) is 8.38. The van der Waals surface area contributed by atoms with Gasteiger partial charge < -0.3 is 9.84 Å². The summed E-state index contributed by atoms with van der Waals surface area (Å²) in [6, 6.07) is 0. The highest BCUT2D eigenvalue weighted by atomic mass is 16.5. The molecule has 0 radical (unpaired) electrons. The molecular weight excluding hydrogens is 320 g/mol. The van der Waals surface area contributed by atoms with E-state index in [4.69, 9.17) is 4.74 Å². The fourth-order valence-corrected chi connectivity index (χ4v) is 8.38. The van der Waals surface area contributed by atoms with Gasteiger partial charge in [-0.2, -0.15) is 0 Å². The van der Waals surface area contributed by atoms with Crippen molar-refractivity contribution < 1.29 is 9.84 Å². The van der Waals surface area contributed by atoms with Crippen LogP contribution in [0.4, 0.5) is 0 Å². The predicted molar refractivity (Wildman–Crippen MR) is 107 cm³/mol. The van der Waals surface area contributed by atoms with E-state index in [0.717, 1.165) is 42.6 Å². The van der Waals surface area contributed by atoms with Crippen molar-refractivity contribution in [2.75, 3.05) is 6.61 Å². The van der Waals surface area contributed by atoms with Crippen LogP contribution in [-0.4, -0.2) is 23.9 Å². The van der Waals surface area contributed by atoms with Crippen LogP contribution in [0.3, 0.4) is 0 Å². The van der Waals surface area contributed by atoms with Gasteiger partial charge in [0.05, 0.1) is 12.2 Å². The minimum Gasteiger partial charge on any atom is -0.393 e. The third-order valence-corrected chi connectivity index (χ3v) is 9.39. The van der Waals surface area contributed by atoms with Gasteiger partial charge in [0, 0.05) is 6.61 Å². The maximum atomic E-state index is 11.1. The standard InChI is InChI=1S/C24H42O2/c1-5-6-12-26-23-16(3)14-24(4)19(23)11-10-17-18-9-7-8-15(2)22(18)21(25)13-20(17)24/h15-23,25H,5-14H2,1-4H3/t15-,16+,17?,18?,19?,20?,21+,22+,23+,24-/m1/s1. The number of rotatable bonds is 4. The highest BCUT2D eigenvalue weighted by molar-refractivity contribution is 5.10. The molecule has 150 valence electrons. The van der Waals surface area contributed by atoms with Gasteiger partial charge in [-0.25, -0.2) is 0 Å². The van der Waals surface area contributed by atoms with E-state index in [9.17, 15) is 5.11 Å². The second-order valence-corrected chi connectivity index (χ2v) is 10.8. The molecule has 2 heteroatoms. The normalized spacial score (nSPS) is 53.7. The Kier molecular flexibility index (Phi) is 5.47. The van der Waals surface area contributed by atoms with Crippen LogP contribution in [0, 0.1) is 46.8 Å². The van der Waals surface area contributed by atoms with E-state index in [0.29, 0.717) is 23.4 Å². The molecule has 1 N–H and O–H groups in total. The van der Waals surface area contributed by atoms with E-state index in [1.165, 1.54) is 51.4 Å². The van der Waals surface area contributed by atoms with E-state index >= 15 is 0 Å². The molecular formula is C24H42O2. The average molecular weight is 363 g/mol.